The Kier molecular flexibility index (Phi) is 4.49. The van der Waals surface area contributed by atoms with Crippen molar-refractivity contribution in [2.24, 2.45) is 4.99 Å². The van der Waals surface area contributed by atoms with E-state index < -0.39 is 0 Å². The molecule has 0 aliphatic carbocycles. The van der Waals surface area contributed by atoms with Crippen LogP contribution in [0.3, 0.4) is 0 Å². The molecule has 1 N–H and O–H groups in total. The molecule has 0 aromatic heterocycles. The molecule has 0 unspecified atom stereocenters. The molecule has 3 nitrogen and oxygen atoms in total. The molecule has 0 aromatic carbocycles. The summed E-state index contributed by atoms with van der Waals surface area (Å²) in [5.41, 5.74) is 0. The number of hydrogen-bond acceptors (Lipinski definition) is 2. The fourth-order valence-corrected chi connectivity index (χ4v) is 0.559. The summed E-state index contributed by atoms with van der Waals surface area (Å²) in [5, 5.41) is 2.32. The molecule has 0 rings (SSSR count). The maximum atomic E-state index is 9.87. The smallest absolute Gasteiger partial charge is 0.212 e. The number of allylic oxidation sites excluding steroid dienone is 2. The number of amides is 1. The number of nitrogens with one attached hydrogen (secondary N) is 1. The van der Waals surface area contributed by atoms with E-state index in [1.165, 1.54) is 0 Å². The Morgan fingerprint density at radius 3 is 2.60 bits per heavy atom. The SMILES string of the molecule is C=N/C(=C\C(=C)Br)NC=O. The minimum absolute atomic E-state index is 0.372. The average Bonchev–Trinajstić information content (AvgIpc) is 1.86. The molecule has 0 aliphatic rings. The Morgan fingerprint density at radius 1 is 1.70 bits per heavy atom. The van der Waals surface area contributed by atoms with Crippen molar-refractivity contribution in [3.63, 3.8) is 0 Å². The molecule has 0 heterocycles. The number of halogens is 1. The van der Waals surface area contributed by atoms with Crippen LogP contribution < -0.4 is 5.32 Å². The first-order valence-corrected chi connectivity index (χ1v) is 3.23. The topological polar surface area (TPSA) is 41.5 Å². The third-order valence-electron chi connectivity index (χ3n) is 0.670. The predicted molar refractivity (Wildman–Crippen MR) is 44.9 cm³/mol. The Balaban J connectivity index is 4.16. The van der Waals surface area contributed by atoms with E-state index in [1.807, 2.05) is 0 Å². The van der Waals surface area contributed by atoms with Gasteiger partial charge in [-0.3, -0.25) is 4.79 Å². The molecule has 0 radical (unpaired) electrons. The van der Waals surface area contributed by atoms with Crippen LogP contribution in [0, 0.1) is 0 Å². The summed E-state index contributed by atoms with van der Waals surface area (Å²) in [6, 6.07) is 0. The highest BCUT2D eigenvalue weighted by Gasteiger charge is 1.88. The molecule has 4 heteroatoms. The first-order chi connectivity index (χ1) is 4.70. The van der Waals surface area contributed by atoms with Crippen LogP contribution in [-0.2, 0) is 4.79 Å². The maximum absolute atomic E-state index is 9.87. The fraction of sp³-hybridized carbons (Fsp3) is 0. The second kappa shape index (κ2) is 4.93. The molecule has 0 atom stereocenters. The molecule has 1 amide bonds. The van der Waals surface area contributed by atoms with Crippen molar-refractivity contribution >= 4 is 29.1 Å². The molecule has 0 spiro atoms. The maximum Gasteiger partial charge on any atom is 0.212 e. The van der Waals surface area contributed by atoms with Gasteiger partial charge in [0.05, 0.1) is 0 Å². The Labute approximate surface area is 67.7 Å². The Morgan fingerprint density at radius 2 is 2.30 bits per heavy atom. The lowest BCUT2D eigenvalue weighted by atomic mass is 10.5. The van der Waals surface area contributed by atoms with Crippen LogP contribution >= 0.6 is 15.9 Å². The molecule has 10 heavy (non-hydrogen) atoms. The molecule has 0 bridgehead atoms. The number of nitrogens with zero attached hydrogens (tertiary/aromatic N) is 1. The molecule has 0 aromatic rings. The van der Waals surface area contributed by atoms with Gasteiger partial charge in [-0.05, 0) is 12.8 Å². The van der Waals surface area contributed by atoms with Crippen LogP contribution in [0.25, 0.3) is 0 Å². The number of carbonyl (C=O) groups excluding carboxylic acids is 1. The number of rotatable bonds is 4. The summed E-state index contributed by atoms with van der Waals surface area (Å²) in [5.74, 6) is 0.372. The third-order valence-corrected chi connectivity index (χ3v) is 0.899. The van der Waals surface area contributed by atoms with Crippen LogP contribution in [0.2, 0.25) is 0 Å². The van der Waals surface area contributed by atoms with Gasteiger partial charge in [0.25, 0.3) is 0 Å². The molecule has 0 aliphatic heterocycles. The third kappa shape index (κ3) is 4.03. The van der Waals surface area contributed by atoms with E-state index in [1.54, 1.807) is 6.08 Å². The molecular formula is C6H7BrN2O. The lowest BCUT2D eigenvalue weighted by Gasteiger charge is -1.94. The first kappa shape index (κ1) is 9.10. The fourth-order valence-electron chi connectivity index (χ4n) is 0.342. The van der Waals surface area contributed by atoms with Crippen molar-refractivity contribution in [2.45, 2.75) is 0 Å². The van der Waals surface area contributed by atoms with Crippen LogP contribution in [0.5, 0.6) is 0 Å². The highest BCUT2D eigenvalue weighted by atomic mass is 79.9. The number of hydrogen-bond donors (Lipinski definition) is 1. The largest absolute Gasteiger partial charge is 0.313 e. The van der Waals surface area contributed by atoms with Crippen LogP contribution in [0.4, 0.5) is 0 Å². The van der Waals surface area contributed by atoms with Gasteiger partial charge in [0.2, 0.25) is 6.41 Å². The van der Waals surface area contributed by atoms with Gasteiger partial charge < -0.3 is 5.32 Å². The normalized spacial score (nSPS) is 10.3. The zero-order valence-corrected chi connectivity index (χ0v) is 6.89. The van der Waals surface area contributed by atoms with Gasteiger partial charge in [0.1, 0.15) is 5.82 Å². The van der Waals surface area contributed by atoms with Crippen molar-refractivity contribution in [2.75, 3.05) is 0 Å². The molecule has 54 valence electrons. The summed E-state index contributed by atoms with van der Waals surface area (Å²) < 4.78 is 0.629. The Hall–Kier alpha value is -0.900. The lowest BCUT2D eigenvalue weighted by molar-refractivity contribution is -0.108. The molecule has 0 saturated heterocycles. The van der Waals surface area contributed by atoms with Gasteiger partial charge in [-0.2, -0.15) is 0 Å². The molecule has 0 saturated carbocycles. The molecule has 0 fully saturated rings. The molecular weight excluding hydrogens is 196 g/mol. The van der Waals surface area contributed by atoms with Gasteiger partial charge in [0, 0.05) is 4.48 Å². The van der Waals surface area contributed by atoms with Gasteiger partial charge in [-0.15, -0.1) is 0 Å². The van der Waals surface area contributed by atoms with Gasteiger partial charge in [-0.25, -0.2) is 4.99 Å². The predicted octanol–water partition coefficient (Wildman–Crippen LogP) is 1.18. The minimum atomic E-state index is 0.372. The van der Waals surface area contributed by atoms with Crippen LogP contribution in [-0.4, -0.2) is 13.1 Å². The van der Waals surface area contributed by atoms with E-state index in [4.69, 9.17) is 0 Å². The van der Waals surface area contributed by atoms with Crippen molar-refractivity contribution in [1.29, 1.82) is 0 Å². The van der Waals surface area contributed by atoms with Gasteiger partial charge >= 0.3 is 0 Å². The van der Waals surface area contributed by atoms with Crippen molar-refractivity contribution in [3.05, 3.63) is 23.0 Å². The number of carbonyl (C=O) groups is 1. The second-order valence-electron chi connectivity index (χ2n) is 1.40. The highest BCUT2D eigenvalue weighted by Crippen LogP contribution is 2.04. The quantitative estimate of drug-likeness (QED) is 0.416. The monoisotopic (exact) mass is 202 g/mol. The van der Waals surface area contributed by atoms with E-state index in [0.717, 1.165) is 0 Å². The van der Waals surface area contributed by atoms with Crippen LogP contribution in [0.15, 0.2) is 28.0 Å². The van der Waals surface area contributed by atoms with Crippen molar-refractivity contribution in [3.8, 4) is 0 Å². The zero-order chi connectivity index (χ0) is 7.98. The summed E-state index contributed by atoms with van der Waals surface area (Å²) in [7, 11) is 0. The van der Waals surface area contributed by atoms with Crippen LogP contribution in [0.1, 0.15) is 0 Å². The number of aliphatic imine (C=N–C) groups is 1. The summed E-state index contributed by atoms with van der Waals surface area (Å²) in [6.07, 6.45) is 2.07. The lowest BCUT2D eigenvalue weighted by Crippen LogP contribution is -2.07. The van der Waals surface area contributed by atoms with E-state index in [-0.39, 0.29) is 0 Å². The second-order valence-corrected chi connectivity index (χ2v) is 2.42. The summed E-state index contributed by atoms with van der Waals surface area (Å²) in [4.78, 5) is 13.4. The zero-order valence-electron chi connectivity index (χ0n) is 5.30. The van der Waals surface area contributed by atoms with Gasteiger partial charge in [-0.1, -0.05) is 22.5 Å². The highest BCUT2D eigenvalue weighted by molar-refractivity contribution is 9.11. The first-order valence-electron chi connectivity index (χ1n) is 2.43. The van der Waals surface area contributed by atoms with E-state index in [9.17, 15) is 4.79 Å². The standard InChI is InChI=1S/C6H7BrN2O/c1-5(7)3-6(8-2)9-4-10/h3-4H,1-2H2,(H,9,10)/b6-3+. The Bertz CT molecular complexity index is 186. The van der Waals surface area contributed by atoms with E-state index in [2.05, 4.69) is 39.5 Å². The minimum Gasteiger partial charge on any atom is -0.313 e. The van der Waals surface area contributed by atoms with E-state index >= 15 is 0 Å². The average molecular weight is 203 g/mol. The van der Waals surface area contributed by atoms with E-state index in [0.29, 0.717) is 16.7 Å². The summed E-state index contributed by atoms with van der Waals surface area (Å²) >= 11 is 3.07. The van der Waals surface area contributed by atoms with Gasteiger partial charge in [0.15, 0.2) is 0 Å². The summed E-state index contributed by atoms with van der Waals surface area (Å²) in [6.45, 7) is 6.75. The van der Waals surface area contributed by atoms with Crippen molar-refractivity contribution in [1.82, 2.24) is 5.32 Å². The van der Waals surface area contributed by atoms with Crippen molar-refractivity contribution < 1.29 is 4.79 Å².